The predicted molar refractivity (Wildman–Crippen MR) is 102 cm³/mol. The summed E-state index contributed by atoms with van der Waals surface area (Å²) in [4.78, 5) is 24.4. The van der Waals surface area contributed by atoms with Crippen LogP contribution in [0.4, 0.5) is 11.4 Å². The first kappa shape index (κ1) is 18.5. The first-order chi connectivity index (χ1) is 13.0. The van der Waals surface area contributed by atoms with Gasteiger partial charge in [0, 0.05) is 17.3 Å². The Morgan fingerprint density at radius 3 is 2.48 bits per heavy atom. The predicted octanol–water partition coefficient (Wildman–Crippen LogP) is 3.62. The summed E-state index contributed by atoms with van der Waals surface area (Å²) in [5, 5.41) is 14.5. The number of ether oxygens (including phenoxy) is 1. The van der Waals surface area contributed by atoms with E-state index in [0.717, 1.165) is 18.4 Å². The van der Waals surface area contributed by atoms with E-state index in [1.54, 1.807) is 37.3 Å². The Kier molecular flexibility index (Phi) is 5.41. The van der Waals surface area contributed by atoms with Crippen molar-refractivity contribution in [2.75, 3.05) is 10.6 Å². The van der Waals surface area contributed by atoms with Gasteiger partial charge in [-0.25, -0.2) is 0 Å². The van der Waals surface area contributed by atoms with Crippen molar-refractivity contribution in [3.63, 3.8) is 0 Å². The molecule has 0 saturated heterocycles. The fourth-order valence-corrected chi connectivity index (χ4v) is 2.52. The van der Waals surface area contributed by atoms with Crippen molar-refractivity contribution in [3.8, 4) is 11.8 Å². The molecular formula is C21H21N3O3. The van der Waals surface area contributed by atoms with Crippen LogP contribution in [-0.2, 0) is 9.59 Å². The molecule has 0 radical (unpaired) electrons. The van der Waals surface area contributed by atoms with Crippen LogP contribution in [0.25, 0.3) is 0 Å². The lowest BCUT2D eigenvalue weighted by atomic mass is 10.1. The van der Waals surface area contributed by atoms with Crippen LogP contribution in [0.1, 0.15) is 30.9 Å². The largest absolute Gasteiger partial charge is 0.481 e. The fourth-order valence-electron chi connectivity index (χ4n) is 2.52. The Balaban J connectivity index is 1.63. The lowest BCUT2D eigenvalue weighted by Gasteiger charge is -2.16. The molecule has 1 aliphatic carbocycles. The molecule has 0 aromatic heterocycles. The molecule has 0 aliphatic heterocycles. The maximum absolute atomic E-state index is 12.5. The van der Waals surface area contributed by atoms with Gasteiger partial charge in [-0.15, -0.1) is 0 Å². The van der Waals surface area contributed by atoms with Crippen molar-refractivity contribution >= 4 is 23.2 Å². The van der Waals surface area contributed by atoms with Gasteiger partial charge in [-0.1, -0.05) is 6.07 Å². The van der Waals surface area contributed by atoms with Gasteiger partial charge in [-0.2, -0.15) is 5.26 Å². The van der Waals surface area contributed by atoms with Crippen molar-refractivity contribution in [1.29, 1.82) is 5.26 Å². The molecular weight excluding hydrogens is 342 g/mol. The number of anilines is 2. The third kappa shape index (κ3) is 4.85. The molecule has 2 amide bonds. The molecule has 1 fully saturated rings. The number of carbonyl (C=O) groups is 2. The minimum atomic E-state index is -0.720. The Bertz CT molecular complexity index is 896. The Morgan fingerprint density at radius 1 is 1.15 bits per heavy atom. The van der Waals surface area contributed by atoms with E-state index in [1.165, 1.54) is 0 Å². The summed E-state index contributed by atoms with van der Waals surface area (Å²) in [6, 6.07) is 14.0. The van der Waals surface area contributed by atoms with Gasteiger partial charge >= 0.3 is 0 Å². The van der Waals surface area contributed by atoms with E-state index < -0.39 is 6.10 Å². The summed E-state index contributed by atoms with van der Waals surface area (Å²) in [5.74, 6) is 0.353. The van der Waals surface area contributed by atoms with Crippen LogP contribution in [0.5, 0.6) is 5.75 Å². The van der Waals surface area contributed by atoms with Crippen LogP contribution in [0, 0.1) is 24.2 Å². The maximum Gasteiger partial charge on any atom is 0.265 e. The molecule has 0 bridgehead atoms. The summed E-state index contributed by atoms with van der Waals surface area (Å²) in [6.45, 7) is 3.54. The average Bonchev–Trinajstić information content (AvgIpc) is 3.50. The van der Waals surface area contributed by atoms with Gasteiger partial charge in [-0.05, 0) is 68.7 Å². The van der Waals surface area contributed by atoms with Gasteiger partial charge in [0.1, 0.15) is 5.75 Å². The number of carbonyl (C=O) groups excluding carboxylic acids is 2. The summed E-state index contributed by atoms with van der Waals surface area (Å²) in [5.41, 5.74) is 2.70. The van der Waals surface area contributed by atoms with Gasteiger partial charge in [0.05, 0.1) is 11.6 Å². The quantitative estimate of drug-likeness (QED) is 0.820. The smallest absolute Gasteiger partial charge is 0.265 e. The molecule has 6 heteroatoms. The van der Waals surface area contributed by atoms with Crippen molar-refractivity contribution in [2.45, 2.75) is 32.8 Å². The summed E-state index contributed by atoms with van der Waals surface area (Å²) >= 11 is 0. The lowest BCUT2D eigenvalue weighted by Crippen LogP contribution is -2.30. The van der Waals surface area contributed by atoms with Crippen LogP contribution in [0.3, 0.4) is 0 Å². The van der Waals surface area contributed by atoms with Gasteiger partial charge in [0.25, 0.3) is 5.91 Å². The molecule has 0 spiro atoms. The molecule has 1 saturated carbocycles. The third-order valence-corrected chi connectivity index (χ3v) is 4.38. The first-order valence-corrected chi connectivity index (χ1v) is 8.85. The van der Waals surface area contributed by atoms with Gasteiger partial charge in [0.2, 0.25) is 5.91 Å². The normalized spacial score (nSPS) is 14.0. The van der Waals surface area contributed by atoms with Crippen molar-refractivity contribution in [2.24, 2.45) is 5.92 Å². The zero-order chi connectivity index (χ0) is 19.4. The highest BCUT2D eigenvalue weighted by molar-refractivity contribution is 5.97. The number of nitriles is 1. The summed E-state index contributed by atoms with van der Waals surface area (Å²) in [6.07, 6.45) is 1.15. The second-order valence-electron chi connectivity index (χ2n) is 6.68. The minimum Gasteiger partial charge on any atom is -0.481 e. The van der Waals surface area contributed by atoms with Gasteiger partial charge < -0.3 is 15.4 Å². The SMILES string of the molecule is Cc1ccc(NC(=O)C2CC2)cc1NC(=O)C(C)Oc1ccc(C#N)cc1. The van der Waals surface area contributed by atoms with Crippen LogP contribution in [0.2, 0.25) is 0 Å². The molecule has 6 nitrogen and oxygen atoms in total. The Morgan fingerprint density at radius 2 is 1.85 bits per heavy atom. The van der Waals surface area contributed by atoms with E-state index in [1.807, 2.05) is 25.1 Å². The number of nitrogens with one attached hydrogen (secondary N) is 2. The molecule has 1 aliphatic rings. The fraction of sp³-hybridized carbons (Fsp3) is 0.286. The number of rotatable bonds is 6. The molecule has 0 heterocycles. The van der Waals surface area contributed by atoms with Crippen LogP contribution >= 0.6 is 0 Å². The summed E-state index contributed by atoms with van der Waals surface area (Å²) < 4.78 is 5.63. The number of benzene rings is 2. The molecule has 138 valence electrons. The number of hydrogen-bond acceptors (Lipinski definition) is 4. The van der Waals surface area contributed by atoms with E-state index in [2.05, 4.69) is 10.6 Å². The lowest BCUT2D eigenvalue weighted by molar-refractivity contribution is -0.122. The van der Waals surface area contributed by atoms with Crippen molar-refractivity contribution in [3.05, 3.63) is 53.6 Å². The third-order valence-electron chi connectivity index (χ3n) is 4.38. The maximum atomic E-state index is 12.5. The number of amides is 2. The number of hydrogen-bond donors (Lipinski definition) is 2. The van der Waals surface area contributed by atoms with E-state index >= 15 is 0 Å². The standard InChI is InChI=1S/C21H21N3O3/c1-13-3-8-17(23-21(26)16-6-7-16)11-19(13)24-20(25)14(2)27-18-9-4-15(12-22)5-10-18/h3-5,8-11,14,16H,6-7H2,1-2H3,(H,23,26)(H,24,25). The molecule has 3 rings (SSSR count). The molecule has 2 N–H and O–H groups in total. The van der Waals surface area contributed by atoms with Crippen LogP contribution < -0.4 is 15.4 Å². The molecule has 1 atom stereocenters. The van der Waals surface area contributed by atoms with E-state index in [-0.39, 0.29) is 17.7 Å². The van der Waals surface area contributed by atoms with Crippen molar-refractivity contribution in [1.82, 2.24) is 0 Å². The van der Waals surface area contributed by atoms with E-state index in [4.69, 9.17) is 10.00 Å². The molecule has 27 heavy (non-hydrogen) atoms. The molecule has 2 aromatic rings. The van der Waals surface area contributed by atoms with Crippen LogP contribution in [-0.4, -0.2) is 17.9 Å². The minimum absolute atomic E-state index is 0.0219. The highest BCUT2D eigenvalue weighted by Crippen LogP contribution is 2.31. The van der Waals surface area contributed by atoms with E-state index in [9.17, 15) is 9.59 Å². The summed E-state index contributed by atoms with van der Waals surface area (Å²) in [7, 11) is 0. The first-order valence-electron chi connectivity index (χ1n) is 8.85. The average molecular weight is 363 g/mol. The second-order valence-corrected chi connectivity index (χ2v) is 6.68. The zero-order valence-corrected chi connectivity index (χ0v) is 15.3. The topological polar surface area (TPSA) is 91.2 Å². The highest BCUT2D eigenvalue weighted by Gasteiger charge is 2.29. The molecule has 2 aromatic carbocycles. The number of aryl methyl sites for hydroxylation is 1. The number of nitrogens with zero attached hydrogens (tertiary/aromatic N) is 1. The molecule has 1 unspecified atom stereocenters. The monoisotopic (exact) mass is 363 g/mol. The van der Waals surface area contributed by atoms with E-state index in [0.29, 0.717) is 22.7 Å². The van der Waals surface area contributed by atoms with Gasteiger partial charge in [-0.3, -0.25) is 9.59 Å². The Labute approximate surface area is 158 Å². The van der Waals surface area contributed by atoms with Crippen LogP contribution in [0.15, 0.2) is 42.5 Å². The van der Waals surface area contributed by atoms with Gasteiger partial charge in [0.15, 0.2) is 6.10 Å². The highest BCUT2D eigenvalue weighted by atomic mass is 16.5. The Hall–Kier alpha value is -3.33. The van der Waals surface area contributed by atoms with Crippen molar-refractivity contribution < 1.29 is 14.3 Å². The second kappa shape index (κ2) is 7.92. The zero-order valence-electron chi connectivity index (χ0n) is 15.3.